The second-order valence-electron chi connectivity index (χ2n) is 7.47. The third kappa shape index (κ3) is 4.64. The van der Waals surface area contributed by atoms with Crippen LogP contribution in [0.1, 0.15) is 5.56 Å². The monoisotopic (exact) mass is 463 g/mol. The Kier molecular flexibility index (Phi) is 5.79. The van der Waals surface area contributed by atoms with Gasteiger partial charge in [-0.1, -0.05) is 54.6 Å². The van der Waals surface area contributed by atoms with E-state index in [9.17, 15) is 14.9 Å². The van der Waals surface area contributed by atoms with E-state index < -0.39 is 4.92 Å². The summed E-state index contributed by atoms with van der Waals surface area (Å²) in [6.45, 7) is 0. The van der Waals surface area contributed by atoms with Gasteiger partial charge in [0, 0.05) is 17.7 Å². The SMILES string of the molecule is O=c1c2ccccc2nc(-c2ccccc2)n1N=Cc1cccc(Oc2ccc([N+](=O)[O-])cn2)c1. The fraction of sp³-hybridized carbons (Fsp3) is 0. The van der Waals surface area contributed by atoms with Crippen molar-refractivity contribution in [1.82, 2.24) is 14.6 Å². The number of fused-ring (bicyclic) bond motifs is 1. The van der Waals surface area contributed by atoms with Crippen molar-refractivity contribution in [2.24, 2.45) is 5.10 Å². The van der Waals surface area contributed by atoms with Crippen LogP contribution in [-0.4, -0.2) is 25.8 Å². The van der Waals surface area contributed by atoms with Crippen LogP contribution in [0.25, 0.3) is 22.3 Å². The zero-order valence-electron chi connectivity index (χ0n) is 18.2. The van der Waals surface area contributed by atoms with E-state index in [1.165, 1.54) is 16.8 Å². The van der Waals surface area contributed by atoms with Crippen LogP contribution in [0.2, 0.25) is 0 Å². The minimum atomic E-state index is -0.527. The molecule has 0 aliphatic heterocycles. The second-order valence-corrected chi connectivity index (χ2v) is 7.47. The van der Waals surface area contributed by atoms with E-state index in [1.54, 1.807) is 48.7 Å². The van der Waals surface area contributed by atoms with Crippen molar-refractivity contribution in [2.45, 2.75) is 0 Å². The molecule has 0 N–H and O–H groups in total. The maximum atomic E-state index is 13.3. The highest BCUT2D eigenvalue weighted by Crippen LogP contribution is 2.22. The maximum absolute atomic E-state index is 13.3. The molecule has 0 bridgehead atoms. The molecule has 0 saturated heterocycles. The van der Waals surface area contributed by atoms with E-state index in [0.717, 1.165) is 11.8 Å². The van der Waals surface area contributed by atoms with Crippen molar-refractivity contribution < 1.29 is 9.66 Å². The molecule has 35 heavy (non-hydrogen) atoms. The largest absolute Gasteiger partial charge is 0.439 e. The summed E-state index contributed by atoms with van der Waals surface area (Å²) >= 11 is 0. The maximum Gasteiger partial charge on any atom is 0.287 e. The minimum absolute atomic E-state index is 0.123. The van der Waals surface area contributed by atoms with Gasteiger partial charge in [-0.2, -0.15) is 9.78 Å². The summed E-state index contributed by atoms with van der Waals surface area (Å²) in [6, 6.07) is 26.3. The Balaban J connectivity index is 1.49. The number of nitrogens with zero attached hydrogens (tertiary/aromatic N) is 5. The van der Waals surface area contributed by atoms with Gasteiger partial charge in [-0.05, 0) is 29.8 Å². The van der Waals surface area contributed by atoms with Crippen LogP contribution in [0, 0.1) is 10.1 Å². The summed E-state index contributed by atoms with van der Waals surface area (Å²) in [5, 5.41) is 15.7. The zero-order chi connectivity index (χ0) is 24.2. The van der Waals surface area contributed by atoms with Gasteiger partial charge in [-0.25, -0.2) is 9.97 Å². The van der Waals surface area contributed by atoms with E-state index in [4.69, 9.17) is 4.74 Å². The van der Waals surface area contributed by atoms with Crippen LogP contribution in [0.3, 0.4) is 0 Å². The number of nitro groups is 1. The Hall–Kier alpha value is -5.18. The highest BCUT2D eigenvalue weighted by Gasteiger charge is 2.12. The Bertz CT molecular complexity index is 1610. The fourth-order valence-corrected chi connectivity index (χ4v) is 3.45. The molecule has 0 unspecified atom stereocenters. The Morgan fingerprint density at radius 1 is 0.943 bits per heavy atom. The molecule has 2 heterocycles. The lowest BCUT2D eigenvalue weighted by Crippen LogP contribution is -2.20. The molecule has 5 aromatic rings. The van der Waals surface area contributed by atoms with Gasteiger partial charge in [-0.15, -0.1) is 0 Å². The molecule has 0 fully saturated rings. The number of hydrogen-bond acceptors (Lipinski definition) is 7. The predicted octanol–water partition coefficient (Wildman–Crippen LogP) is 5.04. The van der Waals surface area contributed by atoms with E-state index in [-0.39, 0.29) is 17.1 Å². The average molecular weight is 463 g/mol. The van der Waals surface area contributed by atoms with Crippen LogP contribution >= 0.6 is 0 Å². The molecule has 0 atom stereocenters. The fourth-order valence-electron chi connectivity index (χ4n) is 3.45. The number of para-hydroxylation sites is 1. The first-order chi connectivity index (χ1) is 17.1. The minimum Gasteiger partial charge on any atom is -0.439 e. The summed E-state index contributed by atoms with van der Waals surface area (Å²) in [7, 11) is 0. The van der Waals surface area contributed by atoms with Crippen LogP contribution < -0.4 is 10.3 Å². The molecule has 170 valence electrons. The van der Waals surface area contributed by atoms with Crippen molar-refractivity contribution >= 4 is 22.8 Å². The van der Waals surface area contributed by atoms with Gasteiger partial charge >= 0.3 is 0 Å². The molecule has 0 aliphatic rings. The molecule has 2 aromatic heterocycles. The van der Waals surface area contributed by atoms with Crippen LogP contribution in [0.4, 0.5) is 5.69 Å². The summed E-state index contributed by atoms with van der Waals surface area (Å²) in [5.41, 5.74) is 1.61. The molecule has 0 radical (unpaired) electrons. The van der Waals surface area contributed by atoms with Crippen molar-refractivity contribution in [3.8, 4) is 23.0 Å². The topological polar surface area (TPSA) is 113 Å². The zero-order valence-corrected chi connectivity index (χ0v) is 18.2. The third-order valence-electron chi connectivity index (χ3n) is 5.12. The smallest absolute Gasteiger partial charge is 0.287 e. The summed E-state index contributed by atoms with van der Waals surface area (Å²) in [5.74, 6) is 1.10. The van der Waals surface area contributed by atoms with E-state index in [0.29, 0.717) is 28.0 Å². The lowest BCUT2D eigenvalue weighted by Gasteiger charge is -2.09. The number of ether oxygens (including phenoxy) is 1. The second kappa shape index (κ2) is 9.36. The van der Waals surface area contributed by atoms with Gasteiger partial charge in [0.1, 0.15) is 11.9 Å². The summed E-state index contributed by atoms with van der Waals surface area (Å²) < 4.78 is 6.98. The van der Waals surface area contributed by atoms with Gasteiger partial charge in [0.05, 0.1) is 22.0 Å². The number of aromatic nitrogens is 3. The van der Waals surface area contributed by atoms with Gasteiger partial charge < -0.3 is 4.74 Å². The molecular weight excluding hydrogens is 446 g/mol. The Morgan fingerprint density at radius 2 is 1.74 bits per heavy atom. The van der Waals surface area contributed by atoms with E-state index in [1.807, 2.05) is 36.4 Å². The normalized spacial score (nSPS) is 11.1. The van der Waals surface area contributed by atoms with Gasteiger partial charge in [-0.3, -0.25) is 14.9 Å². The van der Waals surface area contributed by atoms with Crippen molar-refractivity contribution in [2.75, 3.05) is 0 Å². The first kappa shape index (κ1) is 21.7. The molecule has 9 heteroatoms. The number of benzene rings is 3. The first-order valence-corrected chi connectivity index (χ1v) is 10.6. The van der Waals surface area contributed by atoms with Crippen molar-refractivity contribution in [1.29, 1.82) is 0 Å². The average Bonchev–Trinajstić information content (AvgIpc) is 2.89. The Labute approximate surface area is 198 Å². The van der Waals surface area contributed by atoms with Gasteiger partial charge in [0.25, 0.3) is 11.2 Å². The van der Waals surface area contributed by atoms with E-state index in [2.05, 4.69) is 15.1 Å². The van der Waals surface area contributed by atoms with Crippen LogP contribution in [-0.2, 0) is 0 Å². The number of pyridine rings is 1. The summed E-state index contributed by atoms with van der Waals surface area (Å²) in [6.07, 6.45) is 2.67. The molecule has 5 rings (SSSR count). The molecule has 0 saturated carbocycles. The molecular formula is C26H17N5O4. The highest BCUT2D eigenvalue weighted by molar-refractivity contribution is 5.82. The Morgan fingerprint density at radius 3 is 2.51 bits per heavy atom. The molecule has 0 aliphatic carbocycles. The van der Waals surface area contributed by atoms with Gasteiger partial charge in [0.2, 0.25) is 5.88 Å². The predicted molar refractivity (Wildman–Crippen MR) is 132 cm³/mol. The standard InChI is InChI=1S/C26H17N5O4/c32-26-22-11-4-5-12-23(22)29-25(19-8-2-1-3-9-19)30(26)28-16-18-7-6-10-21(15-18)35-24-14-13-20(17-27-24)31(33)34/h1-17H. The van der Waals surface area contributed by atoms with Crippen LogP contribution in [0.15, 0.2) is 107 Å². The molecule has 0 amide bonds. The first-order valence-electron chi connectivity index (χ1n) is 10.6. The quantitative estimate of drug-likeness (QED) is 0.198. The molecule has 0 spiro atoms. The molecule has 3 aromatic carbocycles. The number of hydrogen-bond donors (Lipinski definition) is 0. The highest BCUT2D eigenvalue weighted by atomic mass is 16.6. The van der Waals surface area contributed by atoms with Crippen molar-refractivity contribution in [3.63, 3.8) is 0 Å². The third-order valence-corrected chi connectivity index (χ3v) is 5.12. The van der Waals surface area contributed by atoms with Crippen molar-refractivity contribution in [3.05, 3.63) is 123 Å². The summed E-state index contributed by atoms with van der Waals surface area (Å²) in [4.78, 5) is 32.2. The van der Waals surface area contributed by atoms with Crippen LogP contribution in [0.5, 0.6) is 11.6 Å². The van der Waals surface area contributed by atoms with Gasteiger partial charge in [0.15, 0.2) is 5.82 Å². The number of rotatable bonds is 6. The lowest BCUT2D eigenvalue weighted by atomic mass is 10.2. The molecule has 9 nitrogen and oxygen atoms in total. The lowest BCUT2D eigenvalue weighted by molar-refractivity contribution is -0.385. The van der Waals surface area contributed by atoms with E-state index >= 15 is 0 Å².